The van der Waals surface area contributed by atoms with Crippen LogP contribution < -0.4 is 5.32 Å². The molecule has 0 atom stereocenters. The molecule has 0 aliphatic carbocycles. The molecular formula is C18H22N2O3S. The van der Waals surface area contributed by atoms with Crippen LogP contribution in [0.1, 0.15) is 18.1 Å². The van der Waals surface area contributed by atoms with Gasteiger partial charge >= 0.3 is 0 Å². The first kappa shape index (κ1) is 18.2. The van der Waals surface area contributed by atoms with Gasteiger partial charge in [-0.1, -0.05) is 42.5 Å². The Morgan fingerprint density at radius 2 is 1.62 bits per heavy atom. The van der Waals surface area contributed by atoms with Crippen molar-refractivity contribution in [1.82, 2.24) is 9.62 Å². The predicted octanol–water partition coefficient (Wildman–Crippen LogP) is 2.19. The molecule has 0 saturated heterocycles. The van der Waals surface area contributed by atoms with E-state index in [-0.39, 0.29) is 10.8 Å². The van der Waals surface area contributed by atoms with Crippen LogP contribution in [-0.2, 0) is 27.8 Å². The Labute approximate surface area is 143 Å². The zero-order chi connectivity index (χ0) is 17.6. The third kappa shape index (κ3) is 4.91. The quantitative estimate of drug-likeness (QED) is 0.836. The smallest absolute Gasteiger partial charge is 0.243 e. The molecule has 128 valence electrons. The lowest BCUT2D eigenvalue weighted by atomic mass is 10.1. The van der Waals surface area contributed by atoms with Crippen molar-refractivity contribution in [3.63, 3.8) is 0 Å². The molecule has 0 heterocycles. The van der Waals surface area contributed by atoms with E-state index in [0.29, 0.717) is 19.5 Å². The number of nitrogens with zero attached hydrogens (tertiary/aromatic N) is 1. The summed E-state index contributed by atoms with van der Waals surface area (Å²) < 4.78 is 26.6. The summed E-state index contributed by atoms with van der Waals surface area (Å²) in [5.74, 6) is -0.0725. The Balaban J connectivity index is 2.04. The molecule has 2 aromatic rings. The molecular weight excluding hydrogens is 324 g/mol. The highest BCUT2D eigenvalue weighted by molar-refractivity contribution is 7.89. The molecule has 2 rings (SSSR count). The Kier molecular flexibility index (Phi) is 6.11. The zero-order valence-corrected chi connectivity index (χ0v) is 14.7. The molecule has 0 aromatic heterocycles. The van der Waals surface area contributed by atoms with E-state index in [1.807, 2.05) is 30.3 Å². The maximum Gasteiger partial charge on any atom is 0.243 e. The highest BCUT2D eigenvalue weighted by Crippen LogP contribution is 2.17. The summed E-state index contributed by atoms with van der Waals surface area (Å²) in [6.07, 6.45) is 0.666. The van der Waals surface area contributed by atoms with E-state index in [9.17, 15) is 13.2 Å². The van der Waals surface area contributed by atoms with Gasteiger partial charge in [0.1, 0.15) is 0 Å². The fraction of sp³-hybridized carbons (Fsp3) is 0.278. The molecule has 0 unspecified atom stereocenters. The van der Waals surface area contributed by atoms with Crippen LogP contribution in [0.2, 0.25) is 0 Å². The molecule has 0 bridgehead atoms. The second-order valence-electron chi connectivity index (χ2n) is 5.62. The van der Waals surface area contributed by atoms with Crippen molar-refractivity contribution in [3.05, 3.63) is 65.7 Å². The molecule has 5 nitrogen and oxygen atoms in total. The minimum atomic E-state index is -3.52. The highest BCUT2D eigenvalue weighted by atomic mass is 32.2. The topological polar surface area (TPSA) is 66.5 Å². The first-order valence-corrected chi connectivity index (χ1v) is 9.17. The average Bonchev–Trinajstić information content (AvgIpc) is 2.56. The highest BCUT2D eigenvalue weighted by Gasteiger charge is 2.20. The van der Waals surface area contributed by atoms with Gasteiger partial charge in [0.05, 0.1) is 4.90 Å². The number of hydrogen-bond acceptors (Lipinski definition) is 3. The van der Waals surface area contributed by atoms with Crippen LogP contribution in [0.25, 0.3) is 0 Å². The van der Waals surface area contributed by atoms with E-state index in [1.54, 1.807) is 31.3 Å². The van der Waals surface area contributed by atoms with Gasteiger partial charge in [-0.25, -0.2) is 8.42 Å². The minimum Gasteiger partial charge on any atom is -0.356 e. The number of amides is 1. The largest absolute Gasteiger partial charge is 0.356 e. The van der Waals surface area contributed by atoms with Gasteiger partial charge in [-0.15, -0.1) is 0 Å². The van der Waals surface area contributed by atoms with Gasteiger partial charge in [-0.2, -0.15) is 4.31 Å². The molecule has 24 heavy (non-hydrogen) atoms. The zero-order valence-electron chi connectivity index (χ0n) is 13.9. The van der Waals surface area contributed by atoms with Crippen LogP contribution >= 0.6 is 0 Å². The first-order valence-electron chi connectivity index (χ1n) is 7.73. The Morgan fingerprint density at radius 3 is 2.21 bits per heavy atom. The van der Waals surface area contributed by atoms with Gasteiger partial charge in [0.15, 0.2) is 0 Å². The third-order valence-electron chi connectivity index (χ3n) is 3.67. The molecule has 0 radical (unpaired) electrons. The Bertz CT molecular complexity index is 772. The van der Waals surface area contributed by atoms with Gasteiger partial charge in [-0.05, 0) is 29.7 Å². The standard InChI is InChI=1S/C18H22N2O3S/c1-15(21)19-13-12-16-8-10-18(11-9-16)24(22,23)20(2)14-17-6-4-3-5-7-17/h3-11H,12-14H2,1-2H3,(H,19,21). The van der Waals surface area contributed by atoms with E-state index in [1.165, 1.54) is 11.2 Å². The van der Waals surface area contributed by atoms with Gasteiger partial charge in [0.2, 0.25) is 15.9 Å². The molecule has 0 fully saturated rings. The molecule has 1 amide bonds. The average molecular weight is 346 g/mol. The van der Waals surface area contributed by atoms with Crippen molar-refractivity contribution in [3.8, 4) is 0 Å². The summed E-state index contributed by atoms with van der Waals surface area (Å²) in [6.45, 7) is 2.33. The maximum absolute atomic E-state index is 12.6. The number of benzene rings is 2. The summed E-state index contributed by atoms with van der Waals surface area (Å²) >= 11 is 0. The van der Waals surface area contributed by atoms with E-state index < -0.39 is 10.0 Å². The van der Waals surface area contributed by atoms with Crippen molar-refractivity contribution in [2.45, 2.75) is 24.8 Å². The fourth-order valence-corrected chi connectivity index (χ4v) is 3.48. The predicted molar refractivity (Wildman–Crippen MR) is 93.9 cm³/mol. The van der Waals surface area contributed by atoms with E-state index in [0.717, 1.165) is 11.1 Å². The summed E-state index contributed by atoms with van der Waals surface area (Å²) in [4.78, 5) is 11.1. The van der Waals surface area contributed by atoms with Crippen molar-refractivity contribution in [2.24, 2.45) is 0 Å². The molecule has 0 spiro atoms. The molecule has 0 aliphatic rings. The molecule has 0 saturated carbocycles. The Hall–Kier alpha value is -2.18. The summed E-state index contributed by atoms with van der Waals surface area (Å²) in [5, 5.41) is 2.72. The Morgan fingerprint density at radius 1 is 1.00 bits per heavy atom. The second kappa shape index (κ2) is 8.08. The van der Waals surface area contributed by atoms with Crippen molar-refractivity contribution in [1.29, 1.82) is 0 Å². The normalized spacial score (nSPS) is 11.5. The summed E-state index contributed by atoms with van der Waals surface area (Å²) in [7, 11) is -1.95. The van der Waals surface area contributed by atoms with Crippen LogP contribution in [0.5, 0.6) is 0 Å². The van der Waals surface area contributed by atoms with Gasteiger partial charge < -0.3 is 5.32 Å². The lowest BCUT2D eigenvalue weighted by Crippen LogP contribution is -2.26. The summed E-state index contributed by atoms with van der Waals surface area (Å²) in [5.41, 5.74) is 1.92. The third-order valence-corrected chi connectivity index (χ3v) is 5.48. The fourth-order valence-electron chi connectivity index (χ4n) is 2.32. The van der Waals surface area contributed by atoms with E-state index >= 15 is 0 Å². The van der Waals surface area contributed by atoms with Gasteiger partial charge in [-0.3, -0.25) is 4.79 Å². The number of hydrogen-bond donors (Lipinski definition) is 1. The van der Waals surface area contributed by atoms with Crippen LogP contribution in [0.15, 0.2) is 59.5 Å². The maximum atomic E-state index is 12.6. The van der Waals surface area contributed by atoms with Crippen molar-refractivity contribution >= 4 is 15.9 Å². The first-order chi connectivity index (χ1) is 11.4. The van der Waals surface area contributed by atoms with Crippen LogP contribution in [0.3, 0.4) is 0 Å². The van der Waals surface area contributed by atoms with Crippen LogP contribution in [0, 0.1) is 0 Å². The van der Waals surface area contributed by atoms with E-state index in [2.05, 4.69) is 5.32 Å². The van der Waals surface area contributed by atoms with Crippen LogP contribution in [-0.4, -0.2) is 32.2 Å². The van der Waals surface area contributed by atoms with Crippen molar-refractivity contribution in [2.75, 3.05) is 13.6 Å². The SMILES string of the molecule is CC(=O)NCCc1ccc(S(=O)(=O)N(C)Cc2ccccc2)cc1. The molecule has 2 aromatic carbocycles. The molecule has 0 aliphatic heterocycles. The van der Waals surface area contributed by atoms with E-state index in [4.69, 9.17) is 0 Å². The lowest BCUT2D eigenvalue weighted by Gasteiger charge is -2.17. The van der Waals surface area contributed by atoms with Crippen molar-refractivity contribution < 1.29 is 13.2 Å². The molecule has 1 N–H and O–H groups in total. The second-order valence-corrected chi connectivity index (χ2v) is 7.67. The summed E-state index contributed by atoms with van der Waals surface area (Å²) in [6, 6.07) is 16.3. The number of rotatable bonds is 7. The monoisotopic (exact) mass is 346 g/mol. The van der Waals surface area contributed by atoms with Gasteiger partial charge in [0.25, 0.3) is 0 Å². The number of nitrogens with one attached hydrogen (secondary N) is 1. The number of sulfonamides is 1. The van der Waals surface area contributed by atoms with Crippen LogP contribution in [0.4, 0.5) is 0 Å². The number of carbonyl (C=O) groups excluding carboxylic acids is 1. The number of carbonyl (C=O) groups is 1. The lowest BCUT2D eigenvalue weighted by molar-refractivity contribution is -0.118. The minimum absolute atomic E-state index is 0.0725. The van der Waals surface area contributed by atoms with Gasteiger partial charge in [0, 0.05) is 27.1 Å². The molecule has 6 heteroatoms.